The van der Waals surface area contributed by atoms with Crippen LogP contribution < -0.4 is 10.6 Å². The van der Waals surface area contributed by atoms with Crippen molar-refractivity contribution in [1.82, 2.24) is 15.6 Å². The Kier molecular flexibility index (Phi) is 8.34. The Hall–Kier alpha value is -3.48. The van der Waals surface area contributed by atoms with E-state index in [1.807, 2.05) is 30.3 Å². The van der Waals surface area contributed by atoms with Crippen LogP contribution in [0.1, 0.15) is 48.0 Å². The van der Waals surface area contributed by atoms with Crippen molar-refractivity contribution in [2.24, 2.45) is 0 Å². The van der Waals surface area contributed by atoms with Gasteiger partial charge in [-0.05, 0) is 36.6 Å². The second kappa shape index (κ2) is 11.6. The molecular weight excluding hydrogens is 394 g/mol. The molecule has 2 amide bonds. The van der Waals surface area contributed by atoms with Gasteiger partial charge in [-0.2, -0.15) is 0 Å². The van der Waals surface area contributed by atoms with Gasteiger partial charge in [0.05, 0.1) is 5.56 Å². The average Bonchev–Trinajstić information content (AvgIpc) is 2.82. The summed E-state index contributed by atoms with van der Waals surface area (Å²) in [5.41, 5.74) is 1.15. The van der Waals surface area contributed by atoms with E-state index in [1.165, 1.54) is 18.7 Å². The van der Waals surface area contributed by atoms with Crippen molar-refractivity contribution in [1.29, 1.82) is 0 Å². The van der Waals surface area contributed by atoms with Gasteiger partial charge in [0.15, 0.2) is 0 Å². The molecule has 1 aliphatic rings. The minimum atomic E-state index is -0.990. The van der Waals surface area contributed by atoms with E-state index in [4.69, 9.17) is 4.74 Å². The first-order chi connectivity index (χ1) is 15.1. The zero-order chi connectivity index (χ0) is 21.9. The molecule has 1 fully saturated rings. The van der Waals surface area contributed by atoms with Gasteiger partial charge in [-0.1, -0.05) is 49.6 Å². The summed E-state index contributed by atoms with van der Waals surface area (Å²) < 4.78 is 5.29. The summed E-state index contributed by atoms with van der Waals surface area (Å²) >= 11 is 0. The molecule has 2 N–H and O–H groups in total. The Labute approximate surface area is 181 Å². The van der Waals surface area contributed by atoms with Crippen LogP contribution in [0.3, 0.4) is 0 Å². The van der Waals surface area contributed by atoms with E-state index in [0.29, 0.717) is 0 Å². The largest absolute Gasteiger partial charge is 0.459 e. The summed E-state index contributed by atoms with van der Waals surface area (Å²) in [6, 6.07) is 11.7. The number of benzene rings is 1. The Balaban J connectivity index is 1.62. The second-order valence-corrected chi connectivity index (χ2v) is 7.49. The fourth-order valence-corrected chi connectivity index (χ4v) is 3.41. The van der Waals surface area contributed by atoms with Gasteiger partial charge >= 0.3 is 5.97 Å². The van der Waals surface area contributed by atoms with Gasteiger partial charge in [0.2, 0.25) is 11.8 Å². The third kappa shape index (κ3) is 7.37. The van der Waals surface area contributed by atoms with Gasteiger partial charge in [0.25, 0.3) is 0 Å². The summed E-state index contributed by atoms with van der Waals surface area (Å²) in [6.07, 6.45) is 11.1. The van der Waals surface area contributed by atoms with Crippen LogP contribution in [0.2, 0.25) is 0 Å². The first-order valence-electron chi connectivity index (χ1n) is 10.5. The molecule has 1 aliphatic carbocycles. The molecule has 0 radical (unpaired) electrons. The van der Waals surface area contributed by atoms with Crippen LogP contribution in [0.15, 0.2) is 60.9 Å². The highest BCUT2D eigenvalue weighted by Gasteiger charge is 2.25. The summed E-state index contributed by atoms with van der Waals surface area (Å²) in [5, 5.41) is 5.63. The van der Waals surface area contributed by atoms with Crippen LogP contribution in [-0.2, 0) is 14.3 Å². The van der Waals surface area contributed by atoms with Gasteiger partial charge in [-0.15, -0.1) is 0 Å². The minimum Gasteiger partial charge on any atom is -0.459 e. The lowest BCUT2D eigenvalue weighted by Crippen LogP contribution is -2.52. The number of hydrogen-bond donors (Lipinski definition) is 2. The number of carbonyl (C=O) groups excluding carboxylic acids is 3. The van der Waals surface area contributed by atoms with E-state index in [2.05, 4.69) is 15.6 Å². The molecule has 7 nitrogen and oxygen atoms in total. The maximum absolute atomic E-state index is 12.8. The predicted molar refractivity (Wildman–Crippen MR) is 117 cm³/mol. The first kappa shape index (κ1) is 22.2. The molecule has 7 heteroatoms. The van der Waals surface area contributed by atoms with Crippen LogP contribution >= 0.6 is 0 Å². The minimum absolute atomic E-state index is 0.0783. The van der Waals surface area contributed by atoms with Crippen molar-refractivity contribution in [3.8, 4) is 0 Å². The fraction of sp³-hybridized carbons (Fsp3) is 0.333. The molecule has 3 rings (SSSR count). The van der Waals surface area contributed by atoms with E-state index in [1.54, 1.807) is 24.4 Å². The molecule has 1 aromatic carbocycles. The number of esters is 1. The normalized spacial score (nSPS) is 15.2. The number of nitrogens with one attached hydrogen (secondary N) is 2. The summed E-state index contributed by atoms with van der Waals surface area (Å²) in [4.78, 5) is 41.4. The number of nitrogens with zero attached hydrogens (tertiary/aromatic N) is 1. The molecule has 31 heavy (non-hydrogen) atoms. The van der Waals surface area contributed by atoms with Gasteiger partial charge in [-0.25, -0.2) is 4.79 Å². The number of aromatic nitrogens is 1. The van der Waals surface area contributed by atoms with Crippen LogP contribution in [0, 0.1) is 0 Å². The number of pyridine rings is 1. The maximum atomic E-state index is 12.8. The Morgan fingerprint density at radius 1 is 1.06 bits per heavy atom. The standard InChI is InChI=1S/C24H27N3O4/c28-22(14-13-18-8-3-1-4-9-18)27-21(23(29)26-20-11-5-2-6-12-20)17-31-24(30)19-10-7-15-25-16-19/h1,3-4,7-10,13-16,20-21H,2,5-6,11-12,17H2,(H,26,29)(H,27,28)/b14-13+/t21-/m1/s1. The van der Waals surface area contributed by atoms with Gasteiger partial charge in [0.1, 0.15) is 12.6 Å². The van der Waals surface area contributed by atoms with E-state index in [-0.39, 0.29) is 24.1 Å². The van der Waals surface area contributed by atoms with E-state index >= 15 is 0 Å². The topological polar surface area (TPSA) is 97.4 Å². The van der Waals surface area contributed by atoms with Crippen molar-refractivity contribution >= 4 is 23.9 Å². The quantitative estimate of drug-likeness (QED) is 0.505. The SMILES string of the molecule is O=C(/C=C/c1ccccc1)N[C@H](COC(=O)c1cccnc1)C(=O)NC1CCCCC1. The molecule has 2 aromatic rings. The molecule has 1 aromatic heterocycles. The van der Waals surface area contributed by atoms with Gasteiger partial charge in [0, 0.05) is 24.5 Å². The molecule has 162 valence electrons. The fourth-order valence-electron chi connectivity index (χ4n) is 3.41. The van der Waals surface area contributed by atoms with Crippen molar-refractivity contribution in [2.75, 3.05) is 6.61 Å². The number of ether oxygens (including phenoxy) is 1. The van der Waals surface area contributed by atoms with Crippen molar-refractivity contribution in [3.05, 3.63) is 72.1 Å². The van der Waals surface area contributed by atoms with Crippen molar-refractivity contribution in [2.45, 2.75) is 44.2 Å². The van der Waals surface area contributed by atoms with E-state index in [0.717, 1.165) is 31.2 Å². The monoisotopic (exact) mass is 421 g/mol. The zero-order valence-corrected chi connectivity index (χ0v) is 17.3. The van der Waals surface area contributed by atoms with Crippen molar-refractivity contribution < 1.29 is 19.1 Å². The lowest BCUT2D eigenvalue weighted by molar-refractivity contribution is -0.128. The zero-order valence-electron chi connectivity index (χ0n) is 17.3. The van der Waals surface area contributed by atoms with E-state index in [9.17, 15) is 14.4 Å². The van der Waals surface area contributed by atoms with Crippen LogP contribution in [0.25, 0.3) is 6.08 Å². The molecule has 0 saturated heterocycles. The highest BCUT2D eigenvalue weighted by Crippen LogP contribution is 2.17. The van der Waals surface area contributed by atoms with Crippen LogP contribution in [0.5, 0.6) is 0 Å². The maximum Gasteiger partial charge on any atom is 0.339 e. The number of hydrogen-bond acceptors (Lipinski definition) is 5. The lowest BCUT2D eigenvalue weighted by atomic mass is 9.95. The number of carbonyl (C=O) groups is 3. The Morgan fingerprint density at radius 3 is 2.55 bits per heavy atom. The highest BCUT2D eigenvalue weighted by molar-refractivity contribution is 5.96. The Morgan fingerprint density at radius 2 is 1.84 bits per heavy atom. The van der Waals surface area contributed by atoms with Crippen LogP contribution in [-0.4, -0.2) is 41.5 Å². The van der Waals surface area contributed by atoms with Gasteiger partial charge in [-0.3, -0.25) is 14.6 Å². The summed E-state index contributed by atoms with van der Waals surface area (Å²) in [5.74, 6) is -1.39. The molecule has 0 spiro atoms. The summed E-state index contributed by atoms with van der Waals surface area (Å²) in [7, 11) is 0. The molecule has 0 aliphatic heterocycles. The van der Waals surface area contributed by atoms with Crippen molar-refractivity contribution in [3.63, 3.8) is 0 Å². The number of amides is 2. The average molecular weight is 421 g/mol. The summed E-state index contributed by atoms with van der Waals surface area (Å²) in [6.45, 7) is -0.267. The smallest absolute Gasteiger partial charge is 0.339 e. The molecule has 0 unspecified atom stereocenters. The van der Waals surface area contributed by atoms with Gasteiger partial charge < -0.3 is 15.4 Å². The third-order valence-corrected chi connectivity index (χ3v) is 5.09. The Bertz CT molecular complexity index is 894. The third-order valence-electron chi connectivity index (χ3n) is 5.09. The predicted octanol–water partition coefficient (Wildman–Crippen LogP) is 2.89. The number of rotatable bonds is 8. The molecule has 0 bridgehead atoms. The second-order valence-electron chi connectivity index (χ2n) is 7.49. The van der Waals surface area contributed by atoms with Crippen LogP contribution in [0.4, 0.5) is 0 Å². The first-order valence-corrected chi connectivity index (χ1v) is 10.5. The molecule has 1 heterocycles. The van der Waals surface area contributed by atoms with E-state index < -0.39 is 17.9 Å². The molecule has 1 saturated carbocycles. The molecule has 1 atom stereocenters. The lowest BCUT2D eigenvalue weighted by Gasteiger charge is -2.25. The highest BCUT2D eigenvalue weighted by atomic mass is 16.5. The molecular formula is C24H27N3O4.